The van der Waals surface area contributed by atoms with Gasteiger partial charge in [-0.25, -0.2) is 0 Å². The number of hydrogen-bond acceptors (Lipinski definition) is 5. The van der Waals surface area contributed by atoms with Crippen LogP contribution in [-0.2, 0) is 0 Å². The summed E-state index contributed by atoms with van der Waals surface area (Å²) < 4.78 is 4.91. The topological polar surface area (TPSA) is 79.4 Å². The van der Waals surface area contributed by atoms with Gasteiger partial charge in [0.05, 0.1) is 5.56 Å². The highest BCUT2D eigenvalue weighted by atomic mass is 16.5. The number of aromatic nitrogens is 2. The van der Waals surface area contributed by atoms with Gasteiger partial charge in [-0.2, -0.15) is 4.98 Å². The van der Waals surface area contributed by atoms with Crippen LogP contribution in [0.4, 0.5) is 0 Å². The molecule has 1 aromatic heterocycles. The van der Waals surface area contributed by atoms with Crippen LogP contribution >= 0.6 is 0 Å². The van der Waals surface area contributed by atoms with E-state index in [0.717, 1.165) is 0 Å². The van der Waals surface area contributed by atoms with E-state index >= 15 is 0 Å². The van der Waals surface area contributed by atoms with E-state index in [-0.39, 0.29) is 17.5 Å². The summed E-state index contributed by atoms with van der Waals surface area (Å²) in [5, 5.41) is 22.3. The SMILES string of the molecule is CC(O)c1noc(-c2ccccc2O)n1. The summed E-state index contributed by atoms with van der Waals surface area (Å²) in [5.41, 5.74) is 0.455. The number of phenolic OH excluding ortho intramolecular Hbond substituents is 1. The van der Waals surface area contributed by atoms with Crippen molar-refractivity contribution in [3.63, 3.8) is 0 Å². The van der Waals surface area contributed by atoms with Gasteiger partial charge in [-0.1, -0.05) is 17.3 Å². The minimum Gasteiger partial charge on any atom is -0.507 e. The van der Waals surface area contributed by atoms with E-state index in [0.29, 0.717) is 5.56 Å². The van der Waals surface area contributed by atoms with Gasteiger partial charge in [-0.15, -0.1) is 0 Å². The molecule has 1 heterocycles. The minimum atomic E-state index is -0.784. The molecule has 2 aromatic rings. The molecular weight excluding hydrogens is 196 g/mol. The van der Waals surface area contributed by atoms with Crippen molar-refractivity contribution in [2.75, 3.05) is 0 Å². The molecule has 2 rings (SSSR count). The second kappa shape index (κ2) is 3.70. The van der Waals surface area contributed by atoms with Crippen LogP contribution in [0.5, 0.6) is 5.75 Å². The zero-order chi connectivity index (χ0) is 10.8. The van der Waals surface area contributed by atoms with E-state index in [4.69, 9.17) is 4.52 Å². The smallest absolute Gasteiger partial charge is 0.261 e. The first-order valence-electron chi connectivity index (χ1n) is 4.48. The molecule has 0 radical (unpaired) electrons. The summed E-state index contributed by atoms with van der Waals surface area (Å²) in [6.07, 6.45) is -0.784. The number of aliphatic hydroxyl groups excluding tert-OH is 1. The molecule has 0 fully saturated rings. The Morgan fingerprint density at radius 2 is 2.07 bits per heavy atom. The van der Waals surface area contributed by atoms with Crippen LogP contribution in [-0.4, -0.2) is 20.4 Å². The van der Waals surface area contributed by atoms with Crippen LogP contribution in [0.3, 0.4) is 0 Å². The highest BCUT2D eigenvalue weighted by molar-refractivity contribution is 5.61. The van der Waals surface area contributed by atoms with Crippen LogP contribution in [0.25, 0.3) is 11.5 Å². The third kappa shape index (κ3) is 1.82. The van der Waals surface area contributed by atoms with E-state index in [1.807, 2.05) is 0 Å². The zero-order valence-electron chi connectivity index (χ0n) is 8.08. The number of aliphatic hydroxyl groups is 1. The van der Waals surface area contributed by atoms with Gasteiger partial charge < -0.3 is 14.7 Å². The second-order valence-electron chi connectivity index (χ2n) is 3.15. The monoisotopic (exact) mass is 206 g/mol. The molecule has 78 valence electrons. The van der Waals surface area contributed by atoms with Crippen molar-refractivity contribution >= 4 is 0 Å². The average molecular weight is 206 g/mol. The lowest BCUT2D eigenvalue weighted by Gasteiger charge is -1.96. The van der Waals surface area contributed by atoms with Gasteiger partial charge >= 0.3 is 0 Å². The molecule has 0 spiro atoms. The standard InChI is InChI=1S/C10H10N2O3/c1-6(13)9-11-10(15-12-9)7-4-2-3-5-8(7)14/h2-6,13-14H,1H3. The van der Waals surface area contributed by atoms with Crippen molar-refractivity contribution in [1.29, 1.82) is 0 Å². The summed E-state index contributed by atoms with van der Waals surface area (Å²) >= 11 is 0. The third-order valence-electron chi connectivity index (χ3n) is 1.95. The van der Waals surface area contributed by atoms with Crippen molar-refractivity contribution in [3.05, 3.63) is 30.1 Å². The largest absolute Gasteiger partial charge is 0.507 e. The third-order valence-corrected chi connectivity index (χ3v) is 1.95. The Morgan fingerprint density at radius 3 is 2.67 bits per heavy atom. The Labute approximate surface area is 86.0 Å². The first kappa shape index (κ1) is 9.67. The summed E-state index contributed by atoms with van der Waals surface area (Å²) in [7, 11) is 0. The number of rotatable bonds is 2. The van der Waals surface area contributed by atoms with E-state index < -0.39 is 6.10 Å². The van der Waals surface area contributed by atoms with Crippen LogP contribution < -0.4 is 0 Å². The quantitative estimate of drug-likeness (QED) is 0.778. The van der Waals surface area contributed by atoms with Crippen LogP contribution in [0.2, 0.25) is 0 Å². The Kier molecular flexibility index (Phi) is 2.39. The molecule has 0 saturated heterocycles. The first-order valence-corrected chi connectivity index (χ1v) is 4.48. The minimum absolute atomic E-state index is 0.0679. The van der Waals surface area contributed by atoms with Crippen molar-refractivity contribution in [2.24, 2.45) is 0 Å². The Bertz CT molecular complexity index is 465. The number of benzene rings is 1. The summed E-state index contributed by atoms with van der Waals surface area (Å²) in [6.45, 7) is 1.54. The highest BCUT2D eigenvalue weighted by Gasteiger charge is 2.14. The van der Waals surface area contributed by atoms with Gasteiger partial charge in [-0.05, 0) is 19.1 Å². The normalized spacial score (nSPS) is 12.7. The van der Waals surface area contributed by atoms with Crippen molar-refractivity contribution in [1.82, 2.24) is 10.1 Å². The van der Waals surface area contributed by atoms with Crippen LogP contribution in [0.1, 0.15) is 18.9 Å². The van der Waals surface area contributed by atoms with Crippen molar-refractivity contribution in [2.45, 2.75) is 13.0 Å². The molecule has 1 aromatic carbocycles. The molecule has 2 N–H and O–H groups in total. The van der Waals surface area contributed by atoms with Gasteiger partial charge in [-0.3, -0.25) is 0 Å². The fourth-order valence-corrected chi connectivity index (χ4v) is 1.17. The van der Waals surface area contributed by atoms with Crippen molar-refractivity contribution < 1.29 is 14.7 Å². The predicted octanol–water partition coefficient (Wildman–Crippen LogP) is 1.50. The molecule has 0 saturated carbocycles. The highest BCUT2D eigenvalue weighted by Crippen LogP contribution is 2.27. The lowest BCUT2D eigenvalue weighted by Crippen LogP contribution is -1.92. The molecular formula is C10H10N2O3. The molecule has 0 amide bonds. The van der Waals surface area contributed by atoms with Gasteiger partial charge in [0.2, 0.25) is 0 Å². The maximum atomic E-state index is 9.52. The first-order chi connectivity index (χ1) is 7.18. The lowest BCUT2D eigenvalue weighted by molar-refractivity contribution is 0.184. The lowest BCUT2D eigenvalue weighted by atomic mass is 10.2. The zero-order valence-corrected chi connectivity index (χ0v) is 8.08. The van der Waals surface area contributed by atoms with E-state index in [9.17, 15) is 10.2 Å². The van der Waals surface area contributed by atoms with Gasteiger partial charge in [0.15, 0.2) is 5.82 Å². The molecule has 0 aliphatic carbocycles. The maximum Gasteiger partial charge on any atom is 0.261 e. The van der Waals surface area contributed by atoms with Crippen LogP contribution in [0.15, 0.2) is 28.8 Å². The number of phenols is 1. The molecule has 15 heavy (non-hydrogen) atoms. The fraction of sp³-hybridized carbons (Fsp3) is 0.200. The molecule has 5 heteroatoms. The Morgan fingerprint density at radius 1 is 1.33 bits per heavy atom. The molecule has 1 atom stereocenters. The average Bonchev–Trinajstić information content (AvgIpc) is 2.67. The van der Waals surface area contributed by atoms with Gasteiger partial charge in [0.1, 0.15) is 11.9 Å². The van der Waals surface area contributed by atoms with Crippen LogP contribution in [0, 0.1) is 0 Å². The number of hydrogen-bond donors (Lipinski definition) is 2. The molecule has 5 nitrogen and oxygen atoms in total. The fourth-order valence-electron chi connectivity index (χ4n) is 1.17. The Hall–Kier alpha value is -1.88. The molecule has 0 aliphatic rings. The second-order valence-corrected chi connectivity index (χ2v) is 3.15. The summed E-state index contributed by atoms with van der Waals surface area (Å²) in [6, 6.07) is 6.64. The Balaban J connectivity index is 2.42. The van der Waals surface area contributed by atoms with Gasteiger partial charge in [0, 0.05) is 0 Å². The summed E-state index contributed by atoms with van der Waals surface area (Å²) in [4.78, 5) is 3.95. The molecule has 1 unspecified atom stereocenters. The number of nitrogens with zero attached hydrogens (tertiary/aromatic N) is 2. The van der Waals surface area contributed by atoms with E-state index in [2.05, 4.69) is 10.1 Å². The number of para-hydroxylation sites is 1. The molecule has 0 bridgehead atoms. The predicted molar refractivity (Wildman–Crippen MR) is 52.0 cm³/mol. The number of aromatic hydroxyl groups is 1. The maximum absolute atomic E-state index is 9.52. The van der Waals surface area contributed by atoms with E-state index in [1.54, 1.807) is 25.1 Å². The van der Waals surface area contributed by atoms with Gasteiger partial charge in [0.25, 0.3) is 5.89 Å². The summed E-state index contributed by atoms with van der Waals surface area (Å²) in [5.74, 6) is 0.468. The van der Waals surface area contributed by atoms with E-state index in [1.165, 1.54) is 6.07 Å². The van der Waals surface area contributed by atoms with Crippen molar-refractivity contribution in [3.8, 4) is 17.2 Å². The molecule has 0 aliphatic heterocycles.